The van der Waals surface area contributed by atoms with Gasteiger partial charge in [0.05, 0.1) is 12.0 Å². The summed E-state index contributed by atoms with van der Waals surface area (Å²) in [6.45, 7) is 0. The van der Waals surface area contributed by atoms with Crippen molar-refractivity contribution in [2.75, 3.05) is 7.11 Å². The van der Waals surface area contributed by atoms with Gasteiger partial charge >= 0.3 is 11.7 Å². The van der Waals surface area contributed by atoms with Gasteiger partial charge in [-0.25, -0.2) is 4.79 Å². The fourth-order valence-corrected chi connectivity index (χ4v) is 1.18. The summed E-state index contributed by atoms with van der Waals surface area (Å²) in [5.74, 6) is -0.748. The molecule has 0 aliphatic heterocycles. The number of aryl methyl sites for hydroxylation is 1. The number of rotatable bonds is 3. The smallest absolute Gasteiger partial charge is 0.329 e. The summed E-state index contributed by atoms with van der Waals surface area (Å²) in [5.41, 5.74) is 5.22. The Balaban J connectivity index is 3.17. The molecule has 0 fully saturated rings. The summed E-state index contributed by atoms with van der Waals surface area (Å²) in [7, 11) is 2.62. The van der Waals surface area contributed by atoms with Gasteiger partial charge in [-0.1, -0.05) is 0 Å². The van der Waals surface area contributed by atoms with Crippen LogP contribution in [0.1, 0.15) is 11.7 Å². The number of hydrogen-bond donors (Lipinski definition) is 1. The van der Waals surface area contributed by atoms with E-state index in [2.05, 4.69) is 9.84 Å². The van der Waals surface area contributed by atoms with Gasteiger partial charge in [0.15, 0.2) is 6.04 Å². The largest absolute Gasteiger partial charge is 0.468 e. The van der Waals surface area contributed by atoms with Crippen LogP contribution in [0.25, 0.3) is 0 Å². The Morgan fingerprint density at radius 2 is 2.40 bits per heavy atom. The van der Waals surface area contributed by atoms with Crippen LogP contribution in [-0.2, 0) is 16.6 Å². The molecule has 15 heavy (non-hydrogen) atoms. The summed E-state index contributed by atoms with van der Waals surface area (Å²) in [6.07, 6.45) is 1.04. The van der Waals surface area contributed by atoms with Crippen LogP contribution in [0, 0.1) is 10.1 Å². The number of carbonyl (C=O) groups is 1. The Bertz CT molecular complexity index is 400. The molecule has 82 valence electrons. The summed E-state index contributed by atoms with van der Waals surface area (Å²) >= 11 is 0. The Labute approximate surface area is 84.8 Å². The fourth-order valence-electron chi connectivity index (χ4n) is 1.18. The van der Waals surface area contributed by atoms with E-state index < -0.39 is 16.9 Å². The molecular weight excluding hydrogens is 204 g/mol. The van der Waals surface area contributed by atoms with Crippen LogP contribution in [0.2, 0.25) is 0 Å². The molecule has 0 aliphatic rings. The van der Waals surface area contributed by atoms with Crippen LogP contribution in [0.3, 0.4) is 0 Å². The van der Waals surface area contributed by atoms with Gasteiger partial charge in [-0.2, -0.15) is 5.10 Å². The minimum atomic E-state index is -1.21. The van der Waals surface area contributed by atoms with Gasteiger partial charge in [0.2, 0.25) is 0 Å². The van der Waals surface area contributed by atoms with Crippen molar-refractivity contribution in [1.29, 1.82) is 0 Å². The van der Waals surface area contributed by atoms with E-state index in [-0.39, 0.29) is 11.4 Å². The molecule has 0 aromatic carbocycles. The van der Waals surface area contributed by atoms with E-state index >= 15 is 0 Å². The van der Waals surface area contributed by atoms with Crippen molar-refractivity contribution in [3.8, 4) is 0 Å². The summed E-state index contributed by atoms with van der Waals surface area (Å²) in [4.78, 5) is 21.1. The molecule has 1 aromatic heterocycles. The van der Waals surface area contributed by atoms with Crippen LogP contribution < -0.4 is 5.73 Å². The Kier molecular flexibility index (Phi) is 3.00. The molecule has 8 heteroatoms. The molecular formula is C7H10N4O4. The number of methoxy groups -OCH3 is 1. The van der Waals surface area contributed by atoms with Crippen molar-refractivity contribution in [3.05, 3.63) is 22.0 Å². The fraction of sp³-hybridized carbons (Fsp3) is 0.429. The maximum Gasteiger partial charge on any atom is 0.329 e. The second-order valence-corrected chi connectivity index (χ2v) is 2.80. The molecule has 1 rings (SSSR count). The molecule has 1 heterocycles. The van der Waals surface area contributed by atoms with E-state index in [0.717, 1.165) is 13.3 Å². The Hall–Kier alpha value is -1.96. The van der Waals surface area contributed by atoms with E-state index in [4.69, 9.17) is 5.73 Å². The zero-order chi connectivity index (χ0) is 11.6. The van der Waals surface area contributed by atoms with Gasteiger partial charge in [0.1, 0.15) is 11.9 Å². The SMILES string of the molecule is COC(=O)C(N)c1c([N+](=O)[O-])cnn1C. The van der Waals surface area contributed by atoms with E-state index in [1.165, 1.54) is 11.7 Å². The predicted octanol–water partition coefficient (Wildman–Crippen LogP) is -0.499. The molecule has 0 saturated heterocycles. The number of carbonyl (C=O) groups excluding carboxylic acids is 1. The maximum absolute atomic E-state index is 11.1. The molecule has 2 N–H and O–H groups in total. The molecule has 0 bridgehead atoms. The minimum absolute atomic E-state index is 0.0202. The van der Waals surface area contributed by atoms with Crippen LogP contribution >= 0.6 is 0 Å². The van der Waals surface area contributed by atoms with Gasteiger partial charge in [-0.3, -0.25) is 14.8 Å². The second-order valence-electron chi connectivity index (χ2n) is 2.80. The molecule has 8 nitrogen and oxygen atoms in total. The van der Waals surface area contributed by atoms with Gasteiger partial charge < -0.3 is 10.5 Å². The number of nitrogens with two attached hydrogens (primary N) is 1. The summed E-state index contributed by atoms with van der Waals surface area (Å²) in [5, 5.41) is 14.3. The number of esters is 1. The number of aromatic nitrogens is 2. The van der Waals surface area contributed by atoms with Gasteiger partial charge in [0.25, 0.3) is 0 Å². The lowest BCUT2D eigenvalue weighted by atomic mass is 10.2. The van der Waals surface area contributed by atoms with Crippen LogP contribution in [0.4, 0.5) is 5.69 Å². The molecule has 0 saturated carbocycles. The van der Waals surface area contributed by atoms with Crippen LogP contribution in [0.5, 0.6) is 0 Å². The van der Waals surface area contributed by atoms with Gasteiger partial charge in [-0.05, 0) is 0 Å². The number of nitro groups is 1. The zero-order valence-electron chi connectivity index (χ0n) is 8.21. The number of ether oxygens (including phenoxy) is 1. The lowest BCUT2D eigenvalue weighted by molar-refractivity contribution is -0.385. The first kappa shape index (κ1) is 11.1. The van der Waals surface area contributed by atoms with Crippen molar-refractivity contribution in [3.63, 3.8) is 0 Å². The lowest BCUT2D eigenvalue weighted by Crippen LogP contribution is -2.25. The first-order valence-corrected chi connectivity index (χ1v) is 3.98. The molecule has 1 aromatic rings. The van der Waals surface area contributed by atoms with Crippen LogP contribution in [-0.4, -0.2) is 27.8 Å². The van der Waals surface area contributed by atoms with Crippen LogP contribution in [0.15, 0.2) is 6.20 Å². The lowest BCUT2D eigenvalue weighted by Gasteiger charge is -2.08. The van der Waals surface area contributed by atoms with Crippen molar-refractivity contribution in [2.45, 2.75) is 6.04 Å². The third kappa shape index (κ3) is 1.94. The zero-order valence-corrected chi connectivity index (χ0v) is 8.21. The highest BCUT2D eigenvalue weighted by molar-refractivity contribution is 5.78. The van der Waals surface area contributed by atoms with Crippen molar-refractivity contribution < 1.29 is 14.5 Å². The third-order valence-corrected chi connectivity index (χ3v) is 1.91. The average molecular weight is 214 g/mol. The molecule has 0 amide bonds. The predicted molar refractivity (Wildman–Crippen MR) is 48.8 cm³/mol. The van der Waals surface area contributed by atoms with Gasteiger partial charge in [0, 0.05) is 7.05 Å². The highest BCUT2D eigenvalue weighted by Crippen LogP contribution is 2.23. The molecule has 1 atom stereocenters. The second kappa shape index (κ2) is 4.05. The van der Waals surface area contributed by atoms with E-state index in [9.17, 15) is 14.9 Å². The monoisotopic (exact) mass is 214 g/mol. The number of nitrogens with zero attached hydrogens (tertiary/aromatic N) is 3. The number of hydrogen-bond acceptors (Lipinski definition) is 6. The quantitative estimate of drug-likeness (QED) is 0.412. The molecule has 0 spiro atoms. The summed E-state index contributed by atoms with van der Waals surface area (Å²) < 4.78 is 5.58. The molecule has 0 aliphatic carbocycles. The Morgan fingerprint density at radius 3 is 2.87 bits per heavy atom. The topological polar surface area (TPSA) is 113 Å². The highest BCUT2D eigenvalue weighted by atomic mass is 16.6. The van der Waals surface area contributed by atoms with E-state index in [1.807, 2.05) is 0 Å². The standard InChI is InChI=1S/C7H10N4O4/c1-10-6(5(8)7(12)15-2)4(3-9-10)11(13)14/h3,5H,8H2,1-2H3. The maximum atomic E-state index is 11.1. The third-order valence-electron chi connectivity index (χ3n) is 1.91. The first-order chi connectivity index (χ1) is 6.99. The van der Waals surface area contributed by atoms with Crippen molar-refractivity contribution >= 4 is 11.7 Å². The Morgan fingerprint density at radius 1 is 1.80 bits per heavy atom. The summed E-state index contributed by atoms with van der Waals surface area (Å²) in [6, 6.07) is -1.21. The first-order valence-electron chi connectivity index (χ1n) is 3.98. The van der Waals surface area contributed by atoms with Crippen molar-refractivity contribution in [2.24, 2.45) is 12.8 Å². The van der Waals surface area contributed by atoms with E-state index in [1.54, 1.807) is 0 Å². The van der Waals surface area contributed by atoms with Gasteiger partial charge in [-0.15, -0.1) is 0 Å². The normalized spacial score (nSPS) is 12.2. The molecule has 1 unspecified atom stereocenters. The highest BCUT2D eigenvalue weighted by Gasteiger charge is 2.29. The minimum Gasteiger partial charge on any atom is -0.468 e. The van der Waals surface area contributed by atoms with E-state index in [0.29, 0.717) is 0 Å². The average Bonchev–Trinajstić information content (AvgIpc) is 2.58. The van der Waals surface area contributed by atoms with Crippen molar-refractivity contribution in [1.82, 2.24) is 9.78 Å². The molecule has 0 radical (unpaired) electrons.